The number of rotatable bonds is 4. The lowest BCUT2D eigenvalue weighted by molar-refractivity contribution is 0.211. The average Bonchev–Trinajstić information content (AvgIpc) is 2.47. The maximum Gasteiger partial charge on any atom is 0.323 e. The van der Waals surface area contributed by atoms with E-state index in [0.717, 1.165) is 18.2 Å². The summed E-state index contributed by atoms with van der Waals surface area (Å²) in [4.78, 5) is 21.2. The topological polar surface area (TPSA) is 67.4 Å². The third-order valence-corrected chi connectivity index (χ3v) is 3.02. The number of nitrogens with zero attached hydrogens (tertiary/aromatic N) is 3. The molecule has 0 aliphatic carbocycles. The van der Waals surface area contributed by atoms with Gasteiger partial charge < -0.3 is 9.64 Å². The average molecular weight is 324 g/mol. The van der Waals surface area contributed by atoms with Crippen LogP contribution in [0, 0.1) is 11.6 Å². The molecule has 2 aromatic rings. The normalized spacial score (nSPS) is 10.5. The minimum Gasteiger partial charge on any atom is -0.437 e. The summed E-state index contributed by atoms with van der Waals surface area (Å²) >= 11 is 0. The highest BCUT2D eigenvalue weighted by Gasteiger charge is 2.12. The molecule has 0 atom stereocenters. The van der Waals surface area contributed by atoms with Crippen molar-refractivity contribution in [2.45, 2.75) is 19.9 Å². The number of benzene rings is 1. The molecule has 1 heterocycles. The molecule has 1 aromatic carbocycles. The first-order valence-corrected chi connectivity index (χ1v) is 6.85. The van der Waals surface area contributed by atoms with Gasteiger partial charge in [-0.15, -0.1) is 0 Å². The Bertz CT molecular complexity index is 678. The Hall–Kier alpha value is -2.77. The van der Waals surface area contributed by atoms with Gasteiger partial charge in [0.05, 0.1) is 12.4 Å². The molecule has 23 heavy (non-hydrogen) atoms. The Labute approximate surface area is 133 Å². The highest BCUT2D eigenvalue weighted by Crippen LogP contribution is 2.21. The molecule has 0 unspecified atom stereocenters. The van der Waals surface area contributed by atoms with E-state index in [1.165, 1.54) is 17.3 Å². The molecule has 1 aromatic heterocycles. The predicted molar refractivity (Wildman–Crippen MR) is 82.5 cm³/mol. The lowest BCUT2D eigenvalue weighted by Crippen LogP contribution is -2.36. The Morgan fingerprint density at radius 1 is 1.22 bits per heavy atom. The summed E-state index contributed by atoms with van der Waals surface area (Å²) in [6.45, 7) is 3.75. The molecular weight excluding hydrogens is 306 g/mol. The van der Waals surface area contributed by atoms with Crippen LogP contribution in [0.5, 0.6) is 11.6 Å². The van der Waals surface area contributed by atoms with E-state index in [1.807, 2.05) is 13.8 Å². The van der Waals surface area contributed by atoms with Crippen LogP contribution < -0.4 is 10.1 Å². The highest BCUT2D eigenvalue weighted by molar-refractivity contribution is 5.88. The number of halogens is 2. The SMILES string of the molecule is CC(C)N(C)C(=O)Nc1cnc(Oc2cc(F)cc(F)c2)cn1.[HH]. The molecule has 0 saturated carbocycles. The number of amides is 2. The van der Waals surface area contributed by atoms with Crippen LogP contribution in [-0.4, -0.2) is 34.0 Å². The van der Waals surface area contributed by atoms with E-state index in [9.17, 15) is 13.6 Å². The zero-order valence-electron chi connectivity index (χ0n) is 12.9. The van der Waals surface area contributed by atoms with Gasteiger partial charge in [0.2, 0.25) is 5.88 Å². The second kappa shape index (κ2) is 6.99. The van der Waals surface area contributed by atoms with Crippen molar-refractivity contribution >= 4 is 11.8 Å². The summed E-state index contributed by atoms with van der Waals surface area (Å²) in [5.41, 5.74) is 0. The van der Waals surface area contributed by atoms with Crippen LogP contribution in [0.15, 0.2) is 30.6 Å². The van der Waals surface area contributed by atoms with Gasteiger partial charge in [-0.2, -0.15) is 0 Å². The minimum atomic E-state index is -0.756. The van der Waals surface area contributed by atoms with Gasteiger partial charge >= 0.3 is 6.03 Å². The fourth-order valence-electron chi connectivity index (χ4n) is 1.57. The van der Waals surface area contributed by atoms with Crippen molar-refractivity contribution in [1.29, 1.82) is 0 Å². The Balaban J connectivity index is 0.00000288. The smallest absolute Gasteiger partial charge is 0.323 e. The molecule has 6 nitrogen and oxygen atoms in total. The maximum absolute atomic E-state index is 13.1. The molecule has 0 spiro atoms. The van der Waals surface area contributed by atoms with E-state index in [0.29, 0.717) is 0 Å². The van der Waals surface area contributed by atoms with Gasteiger partial charge in [0.1, 0.15) is 17.4 Å². The van der Waals surface area contributed by atoms with E-state index in [1.54, 1.807) is 7.05 Å². The van der Waals surface area contributed by atoms with E-state index in [2.05, 4.69) is 15.3 Å². The number of hydrogen-bond donors (Lipinski definition) is 1. The molecule has 0 aliphatic rings. The van der Waals surface area contributed by atoms with E-state index in [-0.39, 0.29) is 30.9 Å². The number of aromatic nitrogens is 2. The van der Waals surface area contributed by atoms with Crippen molar-refractivity contribution < 1.29 is 19.7 Å². The molecule has 2 rings (SSSR count). The van der Waals surface area contributed by atoms with Crippen molar-refractivity contribution in [2.24, 2.45) is 0 Å². The number of hydrogen-bond acceptors (Lipinski definition) is 4. The predicted octanol–water partition coefficient (Wildman–Crippen LogP) is 3.67. The maximum atomic E-state index is 13.1. The summed E-state index contributed by atoms with van der Waals surface area (Å²) in [5, 5.41) is 2.57. The molecule has 0 aliphatic heterocycles. The second-order valence-electron chi connectivity index (χ2n) is 5.08. The Kier molecular flexibility index (Phi) is 5.05. The van der Waals surface area contributed by atoms with E-state index < -0.39 is 11.6 Å². The largest absolute Gasteiger partial charge is 0.437 e. The lowest BCUT2D eigenvalue weighted by Gasteiger charge is -2.21. The molecule has 0 fully saturated rings. The fourth-order valence-corrected chi connectivity index (χ4v) is 1.57. The first-order chi connectivity index (χ1) is 10.8. The summed E-state index contributed by atoms with van der Waals surface area (Å²) < 4.78 is 31.4. The number of urea groups is 1. The van der Waals surface area contributed by atoms with Gasteiger partial charge in [0, 0.05) is 32.7 Å². The molecular formula is C15H18F2N4O2. The monoisotopic (exact) mass is 324 g/mol. The van der Waals surface area contributed by atoms with Crippen molar-refractivity contribution in [2.75, 3.05) is 12.4 Å². The van der Waals surface area contributed by atoms with Gasteiger partial charge in [-0.3, -0.25) is 5.32 Å². The van der Waals surface area contributed by atoms with Crippen LogP contribution in [0.3, 0.4) is 0 Å². The highest BCUT2D eigenvalue weighted by atomic mass is 19.1. The van der Waals surface area contributed by atoms with Gasteiger partial charge in [0.25, 0.3) is 0 Å². The van der Waals surface area contributed by atoms with Crippen LogP contribution in [0.2, 0.25) is 0 Å². The number of nitrogens with one attached hydrogen (secondary N) is 1. The van der Waals surface area contributed by atoms with Crippen LogP contribution >= 0.6 is 0 Å². The number of ether oxygens (including phenoxy) is 1. The van der Waals surface area contributed by atoms with Gasteiger partial charge in [-0.25, -0.2) is 23.5 Å². The van der Waals surface area contributed by atoms with Crippen LogP contribution in [0.1, 0.15) is 15.3 Å². The number of carbonyl (C=O) groups is 1. The summed E-state index contributed by atoms with van der Waals surface area (Å²) in [7, 11) is 1.66. The van der Waals surface area contributed by atoms with Gasteiger partial charge in [-0.1, -0.05) is 0 Å². The Morgan fingerprint density at radius 3 is 2.39 bits per heavy atom. The summed E-state index contributed by atoms with van der Waals surface area (Å²) in [5.74, 6) is -1.26. The molecule has 0 bridgehead atoms. The van der Waals surface area contributed by atoms with Gasteiger partial charge in [0.15, 0.2) is 5.82 Å². The molecule has 1 N–H and O–H groups in total. The zero-order chi connectivity index (χ0) is 17.0. The molecule has 124 valence electrons. The number of anilines is 1. The second-order valence-corrected chi connectivity index (χ2v) is 5.08. The summed E-state index contributed by atoms with van der Waals surface area (Å²) in [6.07, 6.45) is 2.53. The van der Waals surface area contributed by atoms with Crippen molar-refractivity contribution in [3.05, 3.63) is 42.2 Å². The van der Waals surface area contributed by atoms with Crippen LogP contribution in [0.25, 0.3) is 0 Å². The Morgan fingerprint density at radius 2 is 1.87 bits per heavy atom. The number of carbonyl (C=O) groups excluding carboxylic acids is 1. The fraction of sp³-hybridized carbons (Fsp3) is 0.267. The van der Waals surface area contributed by atoms with Crippen molar-refractivity contribution in [3.8, 4) is 11.6 Å². The first kappa shape index (κ1) is 16.6. The van der Waals surface area contributed by atoms with E-state index >= 15 is 0 Å². The van der Waals surface area contributed by atoms with Crippen molar-refractivity contribution in [3.63, 3.8) is 0 Å². The van der Waals surface area contributed by atoms with Crippen LogP contribution in [-0.2, 0) is 0 Å². The van der Waals surface area contributed by atoms with Gasteiger partial charge in [-0.05, 0) is 13.8 Å². The van der Waals surface area contributed by atoms with Crippen LogP contribution in [0.4, 0.5) is 19.4 Å². The van der Waals surface area contributed by atoms with Crippen molar-refractivity contribution in [1.82, 2.24) is 14.9 Å². The molecule has 0 saturated heterocycles. The standard InChI is InChI=1S/C15H16F2N4O2.H2/c1-9(2)21(3)15(22)20-13-7-19-14(8-18-13)23-12-5-10(16)4-11(17)6-12;/h4-9H,1-3H3,(H,18,20,22);1H. The molecule has 8 heteroatoms. The first-order valence-electron chi connectivity index (χ1n) is 6.85. The zero-order valence-corrected chi connectivity index (χ0v) is 12.9. The quantitative estimate of drug-likeness (QED) is 0.932. The third kappa shape index (κ3) is 4.60. The lowest BCUT2D eigenvalue weighted by atomic mass is 10.3. The minimum absolute atomic E-state index is 0. The molecule has 0 radical (unpaired) electrons. The van der Waals surface area contributed by atoms with E-state index in [4.69, 9.17) is 4.74 Å². The third-order valence-electron chi connectivity index (χ3n) is 3.02. The molecule has 2 amide bonds. The summed E-state index contributed by atoms with van der Waals surface area (Å²) in [6, 6.07) is 2.50.